The van der Waals surface area contributed by atoms with Crippen LogP contribution in [0.3, 0.4) is 0 Å². The number of aromatic nitrogens is 5. The third-order valence-corrected chi connectivity index (χ3v) is 8.02. The summed E-state index contributed by atoms with van der Waals surface area (Å²) in [5.74, 6) is -0.305. The summed E-state index contributed by atoms with van der Waals surface area (Å²) in [6.07, 6.45) is 3.27. The van der Waals surface area contributed by atoms with Crippen LogP contribution >= 0.6 is 0 Å². The van der Waals surface area contributed by atoms with Gasteiger partial charge in [-0.1, -0.05) is 43.3 Å². The first-order chi connectivity index (χ1) is 18.2. The number of para-hydroxylation sites is 1. The van der Waals surface area contributed by atoms with E-state index in [-0.39, 0.29) is 17.5 Å². The second kappa shape index (κ2) is 11.0. The van der Waals surface area contributed by atoms with Crippen LogP contribution in [0.5, 0.6) is 11.5 Å². The fourth-order valence-electron chi connectivity index (χ4n) is 3.82. The lowest BCUT2D eigenvalue weighted by Crippen LogP contribution is -2.31. The van der Waals surface area contributed by atoms with E-state index in [1.807, 2.05) is 6.92 Å². The zero-order valence-electron chi connectivity index (χ0n) is 21.6. The predicted octanol–water partition coefficient (Wildman–Crippen LogP) is 3.55. The Kier molecular flexibility index (Phi) is 7.72. The number of rotatable bonds is 10. The highest BCUT2D eigenvalue weighted by atomic mass is 32.2. The molecule has 12 heteroatoms. The number of carbonyl (C=O) groups is 1. The number of aryl methyl sites for hydroxylation is 1. The Bertz CT molecular complexity index is 1520. The van der Waals surface area contributed by atoms with Gasteiger partial charge in [-0.2, -0.15) is 0 Å². The van der Waals surface area contributed by atoms with Crippen LogP contribution in [0.4, 0.5) is 5.95 Å². The Balaban J connectivity index is 1.82. The molecule has 0 saturated carbocycles. The van der Waals surface area contributed by atoms with Gasteiger partial charge in [0.25, 0.3) is 0 Å². The molecule has 0 amide bonds. The van der Waals surface area contributed by atoms with Crippen LogP contribution in [0.1, 0.15) is 47.3 Å². The van der Waals surface area contributed by atoms with Gasteiger partial charge in [0.15, 0.2) is 0 Å². The van der Waals surface area contributed by atoms with Crippen molar-refractivity contribution in [3.8, 4) is 17.2 Å². The standard InChI is InChI=1S/C26H28N6O5S/c1-16-14-27-24(28-15-16)17(2)18(3)38(34,35)31-26-30-29-25(23(33)19-10-7-6-8-11-19)32(26)22-20(36-4)12-9-13-21(22)37-5/h6-15,17-18H,1-5H3,(H,30,31)/t17-,18-/m0/s1. The molecule has 2 heterocycles. The molecule has 0 aliphatic heterocycles. The molecule has 0 radical (unpaired) electrons. The molecule has 2 atom stereocenters. The average molecular weight is 537 g/mol. The molecular weight excluding hydrogens is 508 g/mol. The largest absolute Gasteiger partial charge is 0.494 e. The fraction of sp³-hybridized carbons (Fsp3) is 0.269. The molecule has 0 aliphatic carbocycles. The number of carbonyl (C=O) groups excluding carboxylic acids is 1. The van der Waals surface area contributed by atoms with Crippen LogP contribution in [0.15, 0.2) is 60.9 Å². The third kappa shape index (κ3) is 5.21. The van der Waals surface area contributed by atoms with E-state index in [4.69, 9.17) is 9.47 Å². The quantitative estimate of drug-likeness (QED) is 0.302. The Morgan fingerprint density at radius 1 is 0.921 bits per heavy atom. The van der Waals surface area contributed by atoms with Crippen LogP contribution in [0, 0.1) is 6.92 Å². The number of methoxy groups -OCH3 is 2. The number of nitrogens with one attached hydrogen (secondary N) is 1. The van der Waals surface area contributed by atoms with Gasteiger partial charge in [0, 0.05) is 23.9 Å². The summed E-state index contributed by atoms with van der Waals surface area (Å²) in [5, 5.41) is 7.18. The minimum Gasteiger partial charge on any atom is -0.494 e. The van der Waals surface area contributed by atoms with Crippen molar-refractivity contribution in [2.75, 3.05) is 18.9 Å². The Morgan fingerprint density at radius 3 is 2.11 bits per heavy atom. The summed E-state index contributed by atoms with van der Waals surface area (Å²) in [6, 6.07) is 13.5. The number of ketones is 1. The molecule has 11 nitrogen and oxygen atoms in total. The van der Waals surface area contributed by atoms with Crippen LogP contribution < -0.4 is 14.2 Å². The molecule has 0 unspecified atom stereocenters. The first kappa shape index (κ1) is 26.7. The summed E-state index contributed by atoms with van der Waals surface area (Å²) in [6.45, 7) is 5.13. The molecule has 0 aliphatic rings. The fourth-order valence-corrected chi connectivity index (χ4v) is 5.05. The highest BCUT2D eigenvalue weighted by Crippen LogP contribution is 2.36. The zero-order chi connectivity index (χ0) is 27.4. The number of sulfonamides is 1. The number of hydrogen-bond donors (Lipinski definition) is 1. The van der Waals surface area contributed by atoms with Crippen molar-refractivity contribution in [2.45, 2.75) is 31.9 Å². The van der Waals surface area contributed by atoms with Crippen LogP contribution in [0.25, 0.3) is 5.69 Å². The number of nitrogens with zero attached hydrogens (tertiary/aromatic N) is 5. The molecule has 0 saturated heterocycles. The lowest BCUT2D eigenvalue weighted by atomic mass is 10.1. The van der Waals surface area contributed by atoms with Crippen molar-refractivity contribution in [1.29, 1.82) is 0 Å². The number of hydrogen-bond acceptors (Lipinski definition) is 9. The average Bonchev–Trinajstić information content (AvgIpc) is 3.34. The first-order valence-electron chi connectivity index (χ1n) is 11.7. The number of benzene rings is 2. The third-order valence-electron chi connectivity index (χ3n) is 6.16. The van der Waals surface area contributed by atoms with Crippen molar-refractivity contribution in [1.82, 2.24) is 24.7 Å². The van der Waals surface area contributed by atoms with Gasteiger partial charge < -0.3 is 9.47 Å². The van der Waals surface area contributed by atoms with E-state index in [9.17, 15) is 13.2 Å². The van der Waals surface area contributed by atoms with E-state index in [1.54, 1.807) is 74.8 Å². The topological polar surface area (TPSA) is 138 Å². The van der Waals surface area contributed by atoms with E-state index >= 15 is 0 Å². The van der Waals surface area contributed by atoms with Gasteiger partial charge in [-0.15, -0.1) is 10.2 Å². The van der Waals surface area contributed by atoms with Gasteiger partial charge in [0.2, 0.25) is 27.6 Å². The van der Waals surface area contributed by atoms with Gasteiger partial charge in [-0.3, -0.25) is 14.1 Å². The summed E-state index contributed by atoms with van der Waals surface area (Å²) in [5.41, 5.74) is 1.48. The zero-order valence-corrected chi connectivity index (χ0v) is 22.4. The normalized spacial score (nSPS) is 13.0. The highest BCUT2D eigenvalue weighted by molar-refractivity contribution is 7.93. The second-order valence-corrected chi connectivity index (χ2v) is 10.7. The molecular formula is C26H28N6O5S. The lowest BCUT2D eigenvalue weighted by Gasteiger charge is -2.21. The maximum atomic E-state index is 13.5. The van der Waals surface area contributed by atoms with E-state index in [0.29, 0.717) is 22.9 Å². The van der Waals surface area contributed by atoms with Crippen molar-refractivity contribution >= 4 is 21.8 Å². The van der Waals surface area contributed by atoms with Gasteiger partial charge in [-0.25, -0.2) is 18.4 Å². The van der Waals surface area contributed by atoms with Crippen LogP contribution in [0.2, 0.25) is 0 Å². The predicted molar refractivity (Wildman–Crippen MR) is 142 cm³/mol. The second-order valence-electron chi connectivity index (χ2n) is 8.65. The van der Waals surface area contributed by atoms with Crippen LogP contribution in [-0.2, 0) is 10.0 Å². The first-order valence-corrected chi connectivity index (χ1v) is 13.3. The Hall–Kier alpha value is -4.32. The minimum absolute atomic E-state index is 0.126. The van der Waals surface area contributed by atoms with Crippen molar-refractivity contribution in [3.63, 3.8) is 0 Å². The van der Waals surface area contributed by atoms with Crippen molar-refractivity contribution < 1.29 is 22.7 Å². The van der Waals surface area contributed by atoms with Gasteiger partial charge in [-0.05, 0) is 31.5 Å². The lowest BCUT2D eigenvalue weighted by molar-refractivity contribution is 0.102. The highest BCUT2D eigenvalue weighted by Gasteiger charge is 2.33. The van der Waals surface area contributed by atoms with Gasteiger partial charge in [0.1, 0.15) is 23.0 Å². The minimum atomic E-state index is -4.06. The van der Waals surface area contributed by atoms with Gasteiger partial charge >= 0.3 is 0 Å². The molecule has 198 valence electrons. The van der Waals surface area contributed by atoms with Gasteiger partial charge in [0.05, 0.1) is 19.5 Å². The van der Waals surface area contributed by atoms with Crippen molar-refractivity contribution in [3.05, 3.63) is 83.7 Å². The van der Waals surface area contributed by atoms with E-state index < -0.39 is 27.0 Å². The SMILES string of the molecule is COc1cccc(OC)c1-n1c(NS(=O)(=O)[C@@H](C)[C@H](C)c2ncc(C)cn2)nnc1C(=O)c1ccccc1. The molecule has 0 fully saturated rings. The monoisotopic (exact) mass is 536 g/mol. The van der Waals surface area contributed by atoms with E-state index in [1.165, 1.54) is 18.8 Å². The van der Waals surface area contributed by atoms with E-state index in [0.717, 1.165) is 5.56 Å². The summed E-state index contributed by atoms with van der Waals surface area (Å²) in [4.78, 5) is 22.0. The number of anilines is 1. The molecule has 2 aromatic heterocycles. The molecule has 2 aromatic carbocycles. The smallest absolute Gasteiger partial charge is 0.243 e. The molecule has 1 N–H and O–H groups in total. The van der Waals surface area contributed by atoms with E-state index in [2.05, 4.69) is 24.9 Å². The summed E-state index contributed by atoms with van der Waals surface area (Å²) >= 11 is 0. The summed E-state index contributed by atoms with van der Waals surface area (Å²) in [7, 11) is -1.15. The van der Waals surface area contributed by atoms with Crippen LogP contribution in [-0.4, -0.2) is 58.4 Å². The Morgan fingerprint density at radius 2 is 1.53 bits per heavy atom. The molecule has 4 rings (SSSR count). The number of ether oxygens (including phenoxy) is 2. The van der Waals surface area contributed by atoms with Crippen molar-refractivity contribution in [2.24, 2.45) is 0 Å². The maximum absolute atomic E-state index is 13.5. The summed E-state index contributed by atoms with van der Waals surface area (Å²) < 4.78 is 41.9. The molecule has 0 bridgehead atoms. The maximum Gasteiger partial charge on any atom is 0.243 e. The Labute approximate surface area is 220 Å². The molecule has 0 spiro atoms. The molecule has 4 aromatic rings. The molecule has 38 heavy (non-hydrogen) atoms.